The lowest BCUT2D eigenvalue weighted by Gasteiger charge is -2.37. The minimum atomic E-state index is -0.442. The molecular weight excluding hydrogens is 228 g/mol. The highest BCUT2D eigenvalue weighted by Crippen LogP contribution is 2.19. The lowest BCUT2D eigenvalue weighted by molar-refractivity contribution is -0.136. The van der Waals surface area contributed by atoms with E-state index >= 15 is 0 Å². The van der Waals surface area contributed by atoms with Gasteiger partial charge in [-0.3, -0.25) is 9.69 Å². The van der Waals surface area contributed by atoms with Crippen molar-refractivity contribution in [3.05, 3.63) is 0 Å². The molecular formula is C13H24N4O. The number of carbonyl (C=O) groups excluding carboxylic acids is 1. The Hall–Kier alpha value is -1.12. The molecule has 1 aliphatic heterocycles. The number of carbonyl (C=O) groups is 1. The van der Waals surface area contributed by atoms with Gasteiger partial charge in [-0.2, -0.15) is 5.26 Å². The van der Waals surface area contributed by atoms with Gasteiger partial charge < -0.3 is 10.6 Å². The molecule has 5 nitrogen and oxygen atoms in total. The van der Waals surface area contributed by atoms with Crippen LogP contribution in [0, 0.1) is 16.7 Å². The van der Waals surface area contributed by atoms with Crippen LogP contribution in [0.15, 0.2) is 0 Å². The number of piperazine rings is 1. The van der Waals surface area contributed by atoms with Crippen LogP contribution >= 0.6 is 0 Å². The first-order chi connectivity index (χ1) is 8.36. The number of rotatable bonds is 3. The van der Waals surface area contributed by atoms with Crippen molar-refractivity contribution < 1.29 is 4.79 Å². The first kappa shape index (κ1) is 14.9. The van der Waals surface area contributed by atoms with E-state index in [2.05, 4.69) is 11.0 Å². The van der Waals surface area contributed by atoms with E-state index in [9.17, 15) is 4.79 Å². The summed E-state index contributed by atoms with van der Waals surface area (Å²) in [4.78, 5) is 16.3. The number of nitrogens with zero attached hydrogens (tertiary/aromatic N) is 3. The predicted molar refractivity (Wildman–Crippen MR) is 70.7 cm³/mol. The van der Waals surface area contributed by atoms with Crippen LogP contribution < -0.4 is 5.73 Å². The largest absolute Gasteiger partial charge is 0.339 e. The van der Waals surface area contributed by atoms with Crippen LogP contribution in [0.3, 0.4) is 0 Å². The molecule has 1 unspecified atom stereocenters. The summed E-state index contributed by atoms with van der Waals surface area (Å²) < 4.78 is 0. The zero-order valence-electron chi connectivity index (χ0n) is 11.6. The summed E-state index contributed by atoms with van der Waals surface area (Å²) in [7, 11) is 0. The molecule has 0 bridgehead atoms. The zero-order valence-corrected chi connectivity index (χ0v) is 11.6. The molecule has 102 valence electrons. The smallest absolute Gasteiger partial charge is 0.240 e. The average Bonchev–Trinajstić information content (AvgIpc) is 2.34. The van der Waals surface area contributed by atoms with Crippen molar-refractivity contribution in [3.8, 4) is 6.07 Å². The Kier molecular flexibility index (Phi) is 5.12. The predicted octanol–water partition coefficient (Wildman–Crippen LogP) is 0.418. The van der Waals surface area contributed by atoms with Gasteiger partial charge in [-0.25, -0.2) is 0 Å². The van der Waals surface area contributed by atoms with E-state index in [4.69, 9.17) is 11.0 Å². The van der Waals surface area contributed by atoms with Crippen LogP contribution in [0.2, 0.25) is 0 Å². The molecule has 1 amide bonds. The Morgan fingerprint density at radius 1 is 1.33 bits per heavy atom. The maximum Gasteiger partial charge on any atom is 0.240 e. The van der Waals surface area contributed by atoms with Gasteiger partial charge in [-0.1, -0.05) is 20.8 Å². The number of hydrogen-bond acceptors (Lipinski definition) is 4. The number of hydrogen-bond donors (Lipinski definition) is 1. The van der Waals surface area contributed by atoms with E-state index in [1.54, 1.807) is 0 Å². The summed E-state index contributed by atoms with van der Waals surface area (Å²) in [6, 6.07) is 1.70. The lowest BCUT2D eigenvalue weighted by Crippen LogP contribution is -2.56. The monoisotopic (exact) mass is 252 g/mol. The second-order valence-electron chi connectivity index (χ2n) is 5.92. The highest BCUT2D eigenvalue weighted by molar-refractivity contribution is 5.82. The fourth-order valence-electron chi connectivity index (χ4n) is 1.97. The Morgan fingerprint density at radius 3 is 2.33 bits per heavy atom. The maximum absolute atomic E-state index is 12.2. The standard InChI is InChI=1S/C13H24N4O/c1-13(2,3)11(15)12(18)17-9-7-16(8-10-17)6-4-5-14/h11H,4,6-10,15H2,1-3H3. The van der Waals surface area contributed by atoms with Crippen LogP contribution in [0.4, 0.5) is 0 Å². The molecule has 0 saturated carbocycles. The Balaban J connectivity index is 2.43. The summed E-state index contributed by atoms with van der Waals surface area (Å²) in [5, 5.41) is 8.54. The van der Waals surface area contributed by atoms with Gasteiger partial charge in [0, 0.05) is 39.1 Å². The van der Waals surface area contributed by atoms with Gasteiger partial charge in [0.2, 0.25) is 5.91 Å². The van der Waals surface area contributed by atoms with Crippen LogP contribution in [0.25, 0.3) is 0 Å². The van der Waals surface area contributed by atoms with Crippen LogP contribution in [0.5, 0.6) is 0 Å². The Labute approximate surface area is 110 Å². The van der Waals surface area contributed by atoms with Gasteiger partial charge in [0.25, 0.3) is 0 Å². The molecule has 1 fully saturated rings. The van der Waals surface area contributed by atoms with Crippen molar-refractivity contribution in [2.24, 2.45) is 11.1 Å². The summed E-state index contributed by atoms with van der Waals surface area (Å²) in [6.45, 7) is 9.86. The molecule has 0 aromatic heterocycles. The quantitative estimate of drug-likeness (QED) is 0.790. The first-order valence-corrected chi connectivity index (χ1v) is 6.50. The molecule has 5 heteroatoms. The number of nitriles is 1. The molecule has 0 radical (unpaired) electrons. The fraction of sp³-hybridized carbons (Fsp3) is 0.846. The third kappa shape index (κ3) is 3.97. The molecule has 1 saturated heterocycles. The summed E-state index contributed by atoms with van der Waals surface area (Å²) in [5.41, 5.74) is 5.79. The molecule has 0 aromatic carbocycles. The number of amides is 1. The van der Waals surface area contributed by atoms with Crippen molar-refractivity contribution in [2.75, 3.05) is 32.7 Å². The van der Waals surface area contributed by atoms with Gasteiger partial charge in [-0.15, -0.1) is 0 Å². The highest BCUT2D eigenvalue weighted by atomic mass is 16.2. The third-order valence-electron chi connectivity index (χ3n) is 3.42. The average molecular weight is 252 g/mol. The molecule has 0 aromatic rings. The Morgan fingerprint density at radius 2 is 1.89 bits per heavy atom. The molecule has 1 heterocycles. The highest BCUT2D eigenvalue weighted by Gasteiger charge is 2.32. The van der Waals surface area contributed by atoms with Crippen LogP contribution in [-0.2, 0) is 4.79 Å². The van der Waals surface area contributed by atoms with E-state index < -0.39 is 6.04 Å². The van der Waals surface area contributed by atoms with Crippen molar-refractivity contribution in [1.29, 1.82) is 5.26 Å². The fourth-order valence-corrected chi connectivity index (χ4v) is 1.97. The Bertz CT molecular complexity index is 321. The second-order valence-corrected chi connectivity index (χ2v) is 5.92. The molecule has 2 N–H and O–H groups in total. The zero-order chi connectivity index (χ0) is 13.8. The molecule has 18 heavy (non-hydrogen) atoms. The molecule has 0 spiro atoms. The van der Waals surface area contributed by atoms with E-state index in [0.29, 0.717) is 19.5 Å². The van der Waals surface area contributed by atoms with Crippen molar-refractivity contribution >= 4 is 5.91 Å². The summed E-state index contributed by atoms with van der Waals surface area (Å²) >= 11 is 0. The SMILES string of the molecule is CC(C)(C)C(N)C(=O)N1CCN(CCC#N)CC1. The van der Waals surface area contributed by atoms with E-state index in [0.717, 1.165) is 19.6 Å². The first-order valence-electron chi connectivity index (χ1n) is 6.50. The van der Waals surface area contributed by atoms with Gasteiger partial charge in [0.15, 0.2) is 0 Å². The molecule has 1 rings (SSSR count). The maximum atomic E-state index is 12.2. The summed E-state index contributed by atoms with van der Waals surface area (Å²) in [6.07, 6.45) is 0.551. The molecule has 0 aliphatic carbocycles. The van der Waals surface area contributed by atoms with Crippen LogP contribution in [0.1, 0.15) is 27.2 Å². The van der Waals surface area contributed by atoms with Gasteiger partial charge in [-0.05, 0) is 5.41 Å². The van der Waals surface area contributed by atoms with Crippen molar-refractivity contribution in [2.45, 2.75) is 33.2 Å². The van der Waals surface area contributed by atoms with E-state index in [-0.39, 0.29) is 11.3 Å². The second kappa shape index (κ2) is 6.17. The minimum Gasteiger partial charge on any atom is -0.339 e. The third-order valence-corrected chi connectivity index (χ3v) is 3.42. The molecule has 1 atom stereocenters. The van der Waals surface area contributed by atoms with Gasteiger partial charge in [0.1, 0.15) is 0 Å². The van der Waals surface area contributed by atoms with Gasteiger partial charge in [0.05, 0.1) is 12.1 Å². The number of nitrogens with two attached hydrogens (primary N) is 1. The topological polar surface area (TPSA) is 73.4 Å². The van der Waals surface area contributed by atoms with Crippen molar-refractivity contribution in [1.82, 2.24) is 9.80 Å². The van der Waals surface area contributed by atoms with Gasteiger partial charge >= 0.3 is 0 Å². The van der Waals surface area contributed by atoms with Crippen molar-refractivity contribution in [3.63, 3.8) is 0 Å². The molecule has 1 aliphatic rings. The van der Waals surface area contributed by atoms with Crippen LogP contribution in [-0.4, -0.2) is 54.5 Å². The normalized spacial score (nSPS) is 19.4. The lowest BCUT2D eigenvalue weighted by atomic mass is 9.86. The van der Waals surface area contributed by atoms with E-state index in [1.807, 2.05) is 25.7 Å². The summed E-state index contributed by atoms with van der Waals surface area (Å²) in [5.74, 6) is 0.0439. The minimum absolute atomic E-state index is 0.0439. The van der Waals surface area contributed by atoms with E-state index in [1.165, 1.54) is 0 Å².